The summed E-state index contributed by atoms with van der Waals surface area (Å²) in [6, 6.07) is 6.43. The molecule has 9 nitrogen and oxygen atoms in total. The number of hydrogen-bond donors (Lipinski definition) is 4. The first-order valence-corrected chi connectivity index (χ1v) is 10.5. The maximum absolute atomic E-state index is 12.0. The first-order valence-electron chi connectivity index (χ1n) is 9.45. The number of anilines is 1. The van der Waals surface area contributed by atoms with Crippen molar-refractivity contribution in [3.05, 3.63) is 46.9 Å². The molecule has 0 bridgehead atoms. The molecule has 4 N–H and O–H groups in total. The van der Waals surface area contributed by atoms with Gasteiger partial charge >= 0.3 is 0 Å². The van der Waals surface area contributed by atoms with Crippen LogP contribution in [0.2, 0.25) is 0 Å². The Morgan fingerprint density at radius 2 is 1.90 bits per heavy atom. The minimum absolute atomic E-state index is 0.107. The molecular weight excluding hydrogens is 406 g/mol. The summed E-state index contributed by atoms with van der Waals surface area (Å²) in [6.07, 6.45) is 0. The third-order valence-corrected chi connectivity index (χ3v) is 5.45. The molecule has 2 heterocycles. The molecule has 1 aromatic heterocycles. The number of carbonyl (C=O) groups excluding carboxylic acids is 1. The molecule has 0 fully saturated rings. The summed E-state index contributed by atoms with van der Waals surface area (Å²) in [6.45, 7) is 7.92. The van der Waals surface area contributed by atoms with Crippen LogP contribution in [0.3, 0.4) is 0 Å². The molecule has 1 amide bonds. The zero-order chi connectivity index (χ0) is 22.0. The van der Waals surface area contributed by atoms with Crippen LogP contribution < -0.4 is 16.0 Å². The molecule has 30 heavy (non-hydrogen) atoms. The summed E-state index contributed by atoms with van der Waals surface area (Å²) in [4.78, 5) is 11.9. The Labute approximate surface area is 177 Å². The number of benzene rings is 1. The van der Waals surface area contributed by atoms with Crippen LogP contribution in [-0.2, 0) is 11.2 Å². The molecular formula is C20H25N5O4S. The van der Waals surface area contributed by atoms with E-state index in [2.05, 4.69) is 24.7 Å². The van der Waals surface area contributed by atoms with Crippen LogP contribution in [0, 0.1) is 19.8 Å². The molecule has 2 atom stereocenters. The quantitative estimate of drug-likeness (QED) is 0.539. The van der Waals surface area contributed by atoms with Crippen molar-refractivity contribution in [3.63, 3.8) is 0 Å². The maximum atomic E-state index is 12.0. The Morgan fingerprint density at radius 1 is 1.20 bits per heavy atom. The topological polar surface area (TPSA) is 128 Å². The number of hydrogen-bond acceptors (Lipinski definition) is 6. The van der Waals surface area contributed by atoms with Crippen molar-refractivity contribution in [2.24, 2.45) is 14.7 Å². The van der Waals surface area contributed by atoms with Crippen molar-refractivity contribution in [2.75, 3.05) is 12.4 Å². The molecule has 1 aliphatic rings. The van der Waals surface area contributed by atoms with Gasteiger partial charge in [0, 0.05) is 7.05 Å². The van der Waals surface area contributed by atoms with Crippen LogP contribution in [-0.4, -0.2) is 33.9 Å². The lowest BCUT2D eigenvalue weighted by Crippen LogP contribution is -2.38. The molecule has 1 unspecified atom stereocenters. The highest BCUT2D eigenvalue weighted by molar-refractivity contribution is 7.83. The van der Waals surface area contributed by atoms with E-state index in [0.29, 0.717) is 0 Å². The van der Waals surface area contributed by atoms with Crippen LogP contribution in [0.1, 0.15) is 47.3 Å². The highest BCUT2D eigenvalue weighted by Crippen LogP contribution is 2.29. The van der Waals surface area contributed by atoms with E-state index < -0.39 is 17.1 Å². The number of phenols is 1. The molecule has 0 radical (unpaired) electrons. The number of amidine groups is 2. The predicted octanol–water partition coefficient (Wildman–Crippen LogP) is 2.75. The minimum Gasteiger partial charge on any atom is -0.505 e. The van der Waals surface area contributed by atoms with Crippen LogP contribution in [0.15, 0.2) is 37.5 Å². The van der Waals surface area contributed by atoms with Crippen LogP contribution in [0.5, 0.6) is 5.75 Å². The van der Waals surface area contributed by atoms with Gasteiger partial charge in [-0.2, -0.15) is 0 Å². The van der Waals surface area contributed by atoms with Crippen LogP contribution >= 0.6 is 0 Å². The van der Waals surface area contributed by atoms with E-state index in [0.717, 1.165) is 17.1 Å². The Hall–Kier alpha value is -3.14. The number of furan rings is 1. The van der Waals surface area contributed by atoms with Gasteiger partial charge < -0.3 is 25.5 Å². The molecule has 1 aromatic carbocycles. The molecule has 2 aromatic rings. The van der Waals surface area contributed by atoms with Crippen molar-refractivity contribution >= 4 is 34.4 Å². The van der Waals surface area contributed by atoms with Crippen molar-refractivity contribution < 1.29 is 18.5 Å². The Morgan fingerprint density at radius 3 is 2.50 bits per heavy atom. The van der Waals surface area contributed by atoms with E-state index in [4.69, 9.17) is 4.42 Å². The Balaban J connectivity index is 1.87. The fraction of sp³-hybridized carbons (Fsp3) is 0.350. The summed E-state index contributed by atoms with van der Waals surface area (Å²) >= 11 is -1.80. The fourth-order valence-electron chi connectivity index (χ4n) is 3.00. The second-order valence-corrected chi connectivity index (χ2v) is 8.10. The van der Waals surface area contributed by atoms with E-state index in [-0.39, 0.29) is 40.6 Å². The number of aromatic hydroxyl groups is 1. The highest BCUT2D eigenvalue weighted by atomic mass is 32.2. The zero-order valence-corrected chi connectivity index (χ0v) is 18.3. The summed E-state index contributed by atoms with van der Waals surface area (Å²) in [5.74, 6) is 1.52. The van der Waals surface area contributed by atoms with E-state index in [1.807, 2.05) is 33.8 Å². The second-order valence-electron chi connectivity index (χ2n) is 7.27. The molecule has 0 saturated heterocycles. The number of phenolic OH excluding ortho intramolecular Hbond substituents is 1. The van der Waals surface area contributed by atoms with Gasteiger partial charge in [-0.05, 0) is 43.5 Å². The normalized spacial score (nSPS) is 16.8. The van der Waals surface area contributed by atoms with Crippen molar-refractivity contribution in [3.8, 4) is 5.75 Å². The van der Waals surface area contributed by atoms with Crippen LogP contribution in [0.4, 0.5) is 5.69 Å². The van der Waals surface area contributed by atoms with Crippen LogP contribution in [0.25, 0.3) is 0 Å². The molecule has 160 valence electrons. The number of aryl methyl sites for hydroxylation is 2. The Kier molecular flexibility index (Phi) is 6.25. The van der Waals surface area contributed by atoms with Gasteiger partial charge in [0.05, 0.1) is 17.3 Å². The summed E-state index contributed by atoms with van der Waals surface area (Å²) in [5.41, 5.74) is 1.39. The molecule has 10 heteroatoms. The van der Waals surface area contributed by atoms with E-state index >= 15 is 0 Å². The van der Waals surface area contributed by atoms with Crippen molar-refractivity contribution in [2.45, 2.75) is 33.7 Å². The number of carbonyl (C=O) groups is 1. The molecule has 0 saturated carbocycles. The number of nitrogens with zero attached hydrogens (tertiary/aromatic N) is 2. The number of rotatable bonds is 5. The van der Waals surface area contributed by atoms with Gasteiger partial charge in [0.1, 0.15) is 11.5 Å². The number of para-hydroxylation sites is 1. The smallest absolute Gasteiger partial charge is 0.269 e. The van der Waals surface area contributed by atoms with Gasteiger partial charge in [0.15, 0.2) is 17.4 Å². The monoisotopic (exact) mass is 431 g/mol. The van der Waals surface area contributed by atoms with Gasteiger partial charge in [-0.1, -0.05) is 19.9 Å². The lowest BCUT2D eigenvalue weighted by molar-refractivity contribution is 0.0960. The third-order valence-electron chi connectivity index (χ3n) is 4.77. The van der Waals surface area contributed by atoms with Gasteiger partial charge in [0.2, 0.25) is 0 Å². The average molecular weight is 432 g/mol. The van der Waals surface area contributed by atoms with Crippen molar-refractivity contribution in [1.29, 1.82) is 0 Å². The van der Waals surface area contributed by atoms with Gasteiger partial charge in [0.25, 0.3) is 17.1 Å². The zero-order valence-electron chi connectivity index (χ0n) is 17.4. The highest BCUT2D eigenvalue weighted by Gasteiger charge is 2.28. The van der Waals surface area contributed by atoms with Crippen molar-refractivity contribution in [1.82, 2.24) is 10.6 Å². The van der Waals surface area contributed by atoms with Gasteiger partial charge in [-0.15, -0.1) is 8.80 Å². The van der Waals surface area contributed by atoms with E-state index in [9.17, 15) is 14.1 Å². The van der Waals surface area contributed by atoms with E-state index in [1.165, 1.54) is 13.1 Å². The summed E-state index contributed by atoms with van der Waals surface area (Å²) in [5, 5.41) is 19.1. The average Bonchev–Trinajstić information content (AvgIpc) is 3.21. The SMILES string of the molecule is CNC(=O)c1cccc(NC2=NS(=O)N=C2N[C@@H](c2cc(C)c(C)o2)C(C)C)c1O. The first kappa shape index (κ1) is 21.6. The molecule has 0 spiro atoms. The fourth-order valence-corrected chi connectivity index (χ4v) is 3.62. The Bertz CT molecular complexity index is 1040. The number of amides is 1. The minimum atomic E-state index is -1.80. The molecule has 3 rings (SSSR count). The first-order chi connectivity index (χ1) is 14.2. The van der Waals surface area contributed by atoms with Gasteiger partial charge in [-0.25, -0.2) is 4.21 Å². The third kappa shape index (κ3) is 4.38. The van der Waals surface area contributed by atoms with Gasteiger partial charge in [-0.3, -0.25) is 4.79 Å². The summed E-state index contributed by atoms with van der Waals surface area (Å²) in [7, 11) is 1.48. The molecule has 0 aliphatic carbocycles. The lowest BCUT2D eigenvalue weighted by Gasteiger charge is -2.22. The largest absolute Gasteiger partial charge is 0.505 e. The molecule has 1 aliphatic heterocycles. The lowest BCUT2D eigenvalue weighted by atomic mass is 10.0. The van der Waals surface area contributed by atoms with E-state index in [1.54, 1.807) is 12.1 Å². The maximum Gasteiger partial charge on any atom is 0.269 e. The second kappa shape index (κ2) is 8.70. The summed E-state index contributed by atoms with van der Waals surface area (Å²) < 4.78 is 25.9. The number of nitrogens with one attached hydrogen (secondary N) is 3. The predicted molar refractivity (Wildman–Crippen MR) is 117 cm³/mol. The standard InChI is InChI=1S/C20H25N5O4S/c1-10(2)16(15-9-11(3)12(4)29-15)23-19-18(24-30(28)25-19)22-14-8-6-7-13(17(14)26)20(27)21-5/h6-10,16,26H,1-5H3,(H,21,27)(H,22,24)(H,23,25)/t16-,30?/m1/s1.